The number of rotatable bonds is 4. The maximum atomic E-state index is 4.30. The van der Waals surface area contributed by atoms with E-state index in [2.05, 4.69) is 56.3 Å². The van der Waals surface area contributed by atoms with E-state index in [0.29, 0.717) is 6.04 Å². The van der Waals surface area contributed by atoms with Gasteiger partial charge in [0.05, 0.1) is 6.20 Å². The molecule has 2 aromatic rings. The first-order valence-electron chi connectivity index (χ1n) is 6.77. The number of hydrogen-bond donors (Lipinski definition) is 1. The molecule has 2 rings (SSSR count). The summed E-state index contributed by atoms with van der Waals surface area (Å²) in [7, 11) is 1.98. The molecule has 102 valence electrons. The van der Waals surface area contributed by atoms with Gasteiger partial charge < -0.3 is 5.32 Å². The molecular weight excluding hydrogens is 234 g/mol. The fourth-order valence-electron chi connectivity index (χ4n) is 2.32. The zero-order valence-corrected chi connectivity index (χ0v) is 12.5. The lowest BCUT2D eigenvalue weighted by Crippen LogP contribution is -2.19. The summed E-state index contributed by atoms with van der Waals surface area (Å²) in [5.74, 6) is 0. The zero-order valence-electron chi connectivity index (χ0n) is 12.5. The predicted octanol–water partition coefficient (Wildman–Crippen LogP) is 3.20. The summed E-state index contributed by atoms with van der Waals surface area (Å²) in [6.45, 7) is 9.54. The molecule has 0 aliphatic heterocycles. The van der Waals surface area contributed by atoms with Crippen LogP contribution in [0.25, 0.3) is 0 Å². The van der Waals surface area contributed by atoms with Gasteiger partial charge in [-0.05, 0) is 44.4 Å². The van der Waals surface area contributed by atoms with Crippen LogP contribution in [0.5, 0.6) is 0 Å². The summed E-state index contributed by atoms with van der Waals surface area (Å²) in [5.41, 5.74) is 6.59. The lowest BCUT2D eigenvalue weighted by Gasteiger charge is -2.15. The topological polar surface area (TPSA) is 29.9 Å². The van der Waals surface area contributed by atoms with Crippen LogP contribution in [-0.4, -0.2) is 9.78 Å². The van der Waals surface area contributed by atoms with Crippen LogP contribution >= 0.6 is 0 Å². The lowest BCUT2D eigenvalue weighted by molar-refractivity contribution is 0.569. The number of benzene rings is 1. The number of hydrogen-bond acceptors (Lipinski definition) is 2. The molecule has 0 aliphatic carbocycles. The Kier molecular flexibility index (Phi) is 4.05. The van der Waals surface area contributed by atoms with Crippen LogP contribution in [-0.2, 0) is 13.6 Å². The molecule has 0 saturated carbocycles. The fraction of sp³-hybridized carbons (Fsp3) is 0.438. The van der Waals surface area contributed by atoms with E-state index in [1.54, 1.807) is 0 Å². The maximum absolute atomic E-state index is 4.30. The molecule has 1 atom stereocenters. The Labute approximate surface area is 115 Å². The Morgan fingerprint density at radius 2 is 2.00 bits per heavy atom. The quantitative estimate of drug-likeness (QED) is 0.911. The summed E-state index contributed by atoms with van der Waals surface area (Å²) in [4.78, 5) is 0. The Morgan fingerprint density at radius 1 is 1.26 bits per heavy atom. The van der Waals surface area contributed by atoms with Gasteiger partial charge in [-0.1, -0.05) is 18.2 Å². The first-order chi connectivity index (χ1) is 9.00. The van der Waals surface area contributed by atoms with Crippen molar-refractivity contribution in [3.8, 4) is 0 Å². The van der Waals surface area contributed by atoms with Gasteiger partial charge in [0.25, 0.3) is 0 Å². The van der Waals surface area contributed by atoms with Crippen molar-refractivity contribution in [1.82, 2.24) is 15.1 Å². The zero-order chi connectivity index (χ0) is 14.0. The molecule has 0 amide bonds. The van der Waals surface area contributed by atoms with Crippen LogP contribution in [0.15, 0.2) is 24.4 Å². The standard InChI is InChI=1S/C16H23N3/c1-11-7-6-8-15(12(11)2)9-17-13(3)16-10-18-19(5)14(16)4/h6-8,10,13,17H,9H2,1-5H3. The van der Waals surface area contributed by atoms with Gasteiger partial charge in [0.2, 0.25) is 0 Å². The van der Waals surface area contributed by atoms with Crippen LogP contribution in [0.1, 0.15) is 40.9 Å². The van der Waals surface area contributed by atoms with Crippen LogP contribution < -0.4 is 5.32 Å². The minimum Gasteiger partial charge on any atom is -0.306 e. The molecular formula is C16H23N3. The SMILES string of the molecule is Cc1cccc(CNC(C)c2cnn(C)c2C)c1C. The van der Waals surface area contributed by atoms with E-state index in [-0.39, 0.29) is 0 Å². The highest BCUT2D eigenvalue weighted by atomic mass is 15.3. The molecule has 19 heavy (non-hydrogen) atoms. The summed E-state index contributed by atoms with van der Waals surface area (Å²) in [6.07, 6.45) is 1.95. The average Bonchev–Trinajstić information content (AvgIpc) is 2.72. The van der Waals surface area contributed by atoms with Crippen LogP contribution in [0, 0.1) is 20.8 Å². The number of nitrogens with one attached hydrogen (secondary N) is 1. The minimum absolute atomic E-state index is 0.314. The summed E-state index contributed by atoms with van der Waals surface area (Å²) < 4.78 is 1.92. The molecule has 3 nitrogen and oxygen atoms in total. The van der Waals surface area contributed by atoms with Crippen LogP contribution in [0.4, 0.5) is 0 Å². The van der Waals surface area contributed by atoms with Gasteiger partial charge in [-0.15, -0.1) is 0 Å². The van der Waals surface area contributed by atoms with Crippen LogP contribution in [0.3, 0.4) is 0 Å². The maximum Gasteiger partial charge on any atom is 0.0540 e. The normalized spacial score (nSPS) is 12.7. The van der Waals surface area contributed by atoms with Crippen molar-refractivity contribution in [1.29, 1.82) is 0 Å². The largest absolute Gasteiger partial charge is 0.306 e. The molecule has 0 radical (unpaired) electrons. The first kappa shape index (κ1) is 13.8. The van der Waals surface area contributed by atoms with Crippen molar-refractivity contribution in [2.24, 2.45) is 7.05 Å². The van der Waals surface area contributed by atoms with E-state index in [1.807, 2.05) is 17.9 Å². The van der Waals surface area contributed by atoms with E-state index in [9.17, 15) is 0 Å². The molecule has 0 saturated heterocycles. The highest BCUT2D eigenvalue weighted by Crippen LogP contribution is 2.18. The third kappa shape index (κ3) is 2.87. The van der Waals surface area contributed by atoms with Gasteiger partial charge in [0.15, 0.2) is 0 Å². The number of nitrogens with zero attached hydrogens (tertiary/aromatic N) is 2. The lowest BCUT2D eigenvalue weighted by atomic mass is 10.0. The second-order valence-electron chi connectivity index (χ2n) is 5.27. The molecule has 0 aliphatic rings. The van der Waals surface area contributed by atoms with Gasteiger partial charge in [-0.2, -0.15) is 5.10 Å². The Morgan fingerprint density at radius 3 is 2.63 bits per heavy atom. The minimum atomic E-state index is 0.314. The second-order valence-corrected chi connectivity index (χ2v) is 5.27. The van der Waals surface area contributed by atoms with Gasteiger partial charge in [0, 0.05) is 30.9 Å². The van der Waals surface area contributed by atoms with Crippen molar-refractivity contribution in [3.63, 3.8) is 0 Å². The van der Waals surface area contributed by atoms with Crippen molar-refractivity contribution in [2.45, 2.75) is 40.3 Å². The third-order valence-electron chi connectivity index (χ3n) is 4.06. The molecule has 0 bridgehead atoms. The molecule has 1 aromatic heterocycles. The molecule has 1 unspecified atom stereocenters. The highest BCUT2D eigenvalue weighted by Gasteiger charge is 2.11. The molecule has 1 N–H and O–H groups in total. The fourth-order valence-corrected chi connectivity index (χ4v) is 2.32. The molecule has 1 aromatic carbocycles. The van der Waals surface area contributed by atoms with E-state index in [1.165, 1.54) is 27.9 Å². The summed E-state index contributed by atoms with van der Waals surface area (Å²) in [6, 6.07) is 6.79. The van der Waals surface area contributed by atoms with Crippen molar-refractivity contribution >= 4 is 0 Å². The van der Waals surface area contributed by atoms with E-state index < -0.39 is 0 Å². The Balaban J connectivity index is 2.06. The van der Waals surface area contributed by atoms with Crippen molar-refractivity contribution in [3.05, 3.63) is 52.3 Å². The molecule has 1 heterocycles. The Hall–Kier alpha value is -1.61. The Bertz CT molecular complexity index is 569. The van der Waals surface area contributed by atoms with Gasteiger partial charge >= 0.3 is 0 Å². The smallest absolute Gasteiger partial charge is 0.0540 e. The van der Waals surface area contributed by atoms with Crippen molar-refractivity contribution in [2.75, 3.05) is 0 Å². The predicted molar refractivity (Wildman–Crippen MR) is 79.1 cm³/mol. The highest BCUT2D eigenvalue weighted by molar-refractivity contribution is 5.33. The van der Waals surface area contributed by atoms with Gasteiger partial charge in [0.1, 0.15) is 0 Å². The molecule has 0 fully saturated rings. The number of aryl methyl sites for hydroxylation is 2. The van der Waals surface area contributed by atoms with Gasteiger partial charge in [-0.25, -0.2) is 0 Å². The average molecular weight is 257 g/mol. The molecule has 3 heteroatoms. The van der Waals surface area contributed by atoms with E-state index in [4.69, 9.17) is 0 Å². The first-order valence-corrected chi connectivity index (χ1v) is 6.77. The van der Waals surface area contributed by atoms with E-state index in [0.717, 1.165) is 6.54 Å². The summed E-state index contributed by atoms with van der Waals surface area (Å²) >= 11 is 0. The van der Waals surface area contributed by atoms with Crippen LogP contribution in [0.2, 0.25) is 0 Å². The van der Waals surface area contributed by atoms with Gasteiger partial charge in [-0.3, -0.25) is 4.68 Å². The number of aromatic nitrogens is 2. The third-order valence-corrected chi connectivity index (χ3v) is 4.06. The van der Waals surface area contributed by atoms with Crippen molar-refractivity contribution < 1.29 is 0 Å². The van der Waals surface area contributed by atoms with E-state index >= 15 is 0 Å². The molecule has 0 spiro atoms. The second kappa shape index (κ2) is 5.57. The monoisotopic (exact) mass is 257 g/mol. The summed E-state index contributed by atoms with van der Waals surface area (Å²) in [5, 5.41) is 7.88.